The van der Waals surface area contributed by atoms with Gasteiger partial charge in [-0.3, -0.25) is 0 Å². The molecule has 3 heterocycles. The van der Waals surface area contributed by atoms with Gasteiger partial charge in [-0.05, 0) is 44.0 Å². The number of anilines is 1. The Labute approximate surface area is 113 Å². The Morgan fingerprint density at radius 1 is 1.17 bits per heavy atom. The van der Waals surface area contributed by atoms with E-state index in [0.717, 1.165) is 32.5 Å². The number of piperidine rings is 3. The number of hydrogen-bond donors (Lipinski definition) is 1. The van der Waals surface area contributed by atoms with E-state index >= 15 is 0 Å². The van der Waals surface area contributed by atoms with Gasteiger partial charge in [-0.15, -0.1) is 0 Å². The molecule has 0 aliphatic carbocycles. The summed E-state index contributed by atoms with van der Waals surface area (Å²) in [6.07, 6.45) is 2.24. The fourth-order valence-corrected chi connectivity index (χ4v) is 3.40. The highest BCUT2D eigenvalue weighted by Crippen LogP contribution is 2.32. The summed E-state index contributed by atoms with van der Waals surface area (Å²) in [5, 5.41) is 3.06. The molecule has 0 radical (unpaired) electrons. The van der Waals surface area contributed by atoms with Crippen molar-refractivity contribution in [1.29, 1.82) is 0 Å². The van der Waals surface area contributed by atoms with Crippen molar-refractivity contribution in [2.24, 2.45) is 5.92 Å². The molecule has 0 amide bonds. The fraction of sp³-hybridized carbons (Fsp3) is 0.538. The molecule has 18 heavy (non-hydrogen) atoms. The van der Waals surface area contributed by atoms with Gasteiger partial charge < -0.3 is 10.2 Å². The highest BCUT2D eigenvalue weighted by molar-refractivity contribution is 9.10. The van der Waals surface area contributed by atoms with Gasteiger partial charge in [-0.2, -0.15) is 0 Å². The van der Waals surface area contributed by atoms with Crippen molar-refractivity contribution in [2.75, 3.05) is 25.0 Å². The molecule has 2 nitrogen and oxygen atoms in total. The zero-order valence-corrected chi connectivity index (χ0v) is 11.5. The summed E-state index contributed by atoms with van der Waals surface area (Å²) in [7, 11) is 0. The summed E-state index contributed by atoms with van der Waals surface area (Å²) < 4.78 is 28.0. The molecule has 4 rings (SSSR count). The Hall–Kier alpha value is -0.680. The van der Waals surface area contributed by atoms with Crippen LogP contribution < -0.4 is 5.32 Å². The predicted molar refractivity (Wildman–Crippen MR) is 70.6 cm³/mol. The van der Waals surface area contributed by atoms with Gasteiger partial charge in [0.05, 0.1) is 0 Å². The molecule has 1 aromatic carbocycles. The Kier molecular flexibility index (Phi) is 3.28. The summed E-state index contributed by atoms with van der Waals surface area (Å²) in [4.78, 5) is 2.35. The van der Waals surface area contributed by atoms with Crippen LogP contribution >= 0.6 is 15.9 Å². The van der Waals surface area contributed by atoms with E-state index in [9.17, 15) is 8.78 Å². The third kappa shape index (κ3) is 2.26. The maximum atomic E-state index is 13.8. The normalized spacial score (nSPS) is 30.5. The summed E-state index contributed by atoms with van der Waals surface area (Å²) in [5.41, 5.74) is 0.0111. The van der Waals surface area contributed by atoms with Crippen LogP contribution in [0, 0.1) is 17.6 Å². The van der Waals surface area contributed by atoms with E-state index in [2.05, 4.69) is 26.1 Å². The first-order chi connectivity index (χ1) is 8.63. The Morgan fingerprint density at radius 2 is 1.78 bits per heavy atom. The number of nitrogens with zero attached hydrogens (tertiary/aromatic N) is 1. The minimum atomic E-state index is -0.529. The van der Waals surface area contributed by atoms with Crippen LogP contribution in [-0.2, 0) is 0 Å². The average Bonchev–Trinajstić information content (AvgIpc) is 2.35. The molecule has 1 N–H and O–H groups in total. The van der Waals surface area contributed by atoms with Gasteiger partial charge in [0.25, 0.3) is 0 Å². The second kappa shape index (κ2) is 4.78. The molecule has 3 saturated heterocycles. The van der Waals surface area contributed by atoms with Crippen molar-refractivity contribution in [2.45, 2.75) is 18.9 Å². The molecule has 1 unspecified atom stereocenters. The van der Waals surface area contributed by atoms with Crippen molar-refractivity contribution in [3.05, 3.63) is 28.2 Å². The zero-order valence-electron chi connectivity index (χ0n) is 9.93. The Bertz CT molecular complexity index is 435. The van der Waals surface area contributed by atoms with Gasteiger partial charge in [0.15, 0.2) is 0 Å². The summed E-state index contributed by atoms with van der Waals surface area (Å²) in [6.45, 7) is 3.13. The summed E-state index contributed by atoms with van der Waals surface area (Å²) in [5.74, 6) is -0.519. The van der Waals surface area contributed by atoms with Crippen LogP contribution in [0.1, 0.15) is 12.8 Å². The lowest BCUT2D eigenvalue weighted by molar-refractivity contribution is 0.0972. The summed E-state index contributed by atoms with van der Waals surface area (Å²) in [6, 6.07) is 2.76. The quantitative estimate of drug-likeness (QED) is 0.901. The number of nitrogens with one attached hydrogen (secondary N) is 1. The van der Waals surface area contributed by atoms with E-state index in [1.54, 1.807) is 0 Å². The van der Waals surface area contributed by atoms with E-state index in [-0.39, 0.29) is 11.7 Å². The standard InChI is InChI=1S/C13H15BrF2N2/c14-9-5-10(15)13(11(16)6-9)17-12-7-18-3-1-8(12)2-4-18/h5-6,8,12,17H,1-4,7H2. The molecular weight excluding hydrogens is 302 g/mol. The molecule has 5 heteroatoms. The highest BCUT2D eigenvalue weighted by atomic mass is 79.9. The monoisotopic (exact) mass is 316 g/mol. The lowest BCUT2D eigenvalue weighted by Crippen LogP contribution is -2.53. The van der Waals surface area contributed by atoms with Crippen molar-refractivity contribution < 1.29 is 8.78 Å². The lowest BCUT2D eigenvalue weighted by atomic mass is 9.84. The lowest BCUT2D eigenvalue weighted by Gasteiger charge is -2.45. The second-order valence-electron chi connectivity index (χ2n) is 5.13. The molecule has 3 aliphatic heterocycles. The van der Waals surface area contributed by atoms with E-state index in [0.29, 0.717) is 10.4 Å². The van der Waals surface area contributed by atoms with Gasteiger partial charge in [0.1, 0.15) is 17.3 Å². The largest absolute Gasteiger partial charge is 0.376 e. The number of hydrogen-bond acceptors (Lipinski definition) is 2. The summed E-state index contributed by atoms with van der Waals surface area (Å²) >= 11 is 3.09. The molecule has 98 valence electrons. The van der Waals surface area contributed by atoms with Crippen molar-refractivity contribution in [3.63, 3.8) is 0 Å². The van der Waals surface area contributed by atoms with Crippen LogP contribution in [0.2, 0.25) is 0 Å². The first-order valence-corrected chi connectivity index (χ1v) is 7.06. The number of rotatable bonds is 2. The van der Waals surface area contributed by atoms with Crippen LogP contribution in [0.3, 0.4) is 0 Å². The first-order valence-electron chi connectivity index (χ1n) is 6.27. The number of halogens is 3. The zero-order chi connectivity index (χ0) is 12.7. The predicted octanol–water partition coefficient (Wildman–Crippen LogP) is 3.23. The first kappa shape index (κ1) is 12.4. The molecule has 1 atom stereocenters. The molecular formula is C13H15BrF2N2. The maximum absolute atomic E-state index is 13.8. The average molecular weight is 317 g/mol. The Morgan fingerprint density at radius 3 is 2.28 bits per heavy atom. The molecule has 1 aromatic rings. The molecule has 0 aromatic heterocycles. The minimum absolute atomic E-state index is 0.0111. The fourth-order valence-electron chi connectivity index (χ4n) is 2.99. The van der Waals surface area contributed by atoms with E-state index in [1.807, 2.05) is 0 Å². The number of fused-ring (bicyclic) bond motifs is 3. The van der Waals surface area contributed by atoms with Gasteiger partial charge in [-0.1, -0.05) is 15.9 Å². The molecule has 2 bridgehead atoms. The van der Waals surface area contributed by atoms with E-state index < -0.39 is 11.6 Å². The van der Waals surface area contributed by atoms with Crippen LogP contribution in [0.15, 0.2) is 16.6 Å². The highest BCUT2D eigenvalue weighted by Gasteiger charge is 2.34. The third-order valence-electron chi connectivity index (χ3n) is 3.99. The SMILES string of the molecule is Fc1cc(Br)cc(F)c1NC1CN2CCC1CC2. The van der Waals surface area contributed by atoms with Crippen molar-refractivity contribution in [1.82, 2.24) is 4.90 Å². The van der Waals surface area contributed by atoms with Crippen LogP contribution in [0.5, 0.6) is 0 Å². The van der Waals surface area contributed by atoms with Gasteiger partial charge in [0.2, 0.25) is 0 Å². The smallest absolute Gasteiger partial charge is 0.150 e. The minimum Gasteiger partial charge on any atom is -0.376 e. The third-order valence-corrected chi connectivity index (χ3v) is 4.45. The van der Waals surface area contributed by atoms with Crippen LogP contribution in [-0.4, -0.2) is 30.6 Å². The maximum Gasteiger partial charge on any atom is 0.150 e. The Balaban J connectivity index is 1.81. The van der Waals surface area contributed by atoms with E-state index in [4.69, 9.17) is 0 Å². The van der Waals surface area contributed by atoms with Gasteiger partial charge in [0, 0.05) is 17.1 Å². The molecule has 3 aliphatic rings. The molecule has 0 saturated carbocycles. The van der Waals surface area contributed by atoms with Crippen LogP contribution in [0.25, 0.3) is 0 Å². The van der Waals surface area contributed by atoms with Crippen molar-refractivity contribution in [3.8, 4) is 0 Å². The number of benzene rings is 1. The van der Waals surface area contributed by atoms with Crippen LogP contribution in [0.4, 0.5) is 14.5 Å². The molecule has 3 fully saturated rings. The van der Waals surface area contributed by atoms with Crippen molar-refractivity contribution >= 4 is 21.6 Å². The van der Waals surface area contributed by atoms with Gasteiger partial charge in [-0.25, -0.2) is 8.78 Å². The van der Waals surface area contributed by atoms with Gasteiger partial charge >= 0.3 is 0 Å². The topological polar surface area (TPSA) is 15.3 Å². The second-order valence-corrected chi connectivity index (χ2v) is 6.05. The molecule has 0 spiro atoms. The van der Waals surface area contributed by atoms with E-state index in [1.165, 1.54) is 12.1 Å².